The van der Waals surface area contributed by atoms with E-state index >= 15 is 0 Å². The van der Waals surface area contributed by atoms with Crippen molar-refractivity contribution in [3.05, 3.63) is 24.3 Å². The summed E-state index contributed by atoms with van der Waals surface area (Å²) in [6.45, 7) is 6.57. The summed E-state index contributed by atoms with van der Waals surface area (Å²) in [7, 11) is 0. The van der Waals surface area contributed by atoms with Gasteiger partial charge in [-0.05, 0) is 70.6 Å². The Balaban J connectivity index is 4.37. The monoisotopic (exact) mass is 747 g/mol. The van der Waals surface area contributed by atoms with Crippen molar-refractivity contribution in [2.45, 2.75) is 245 Å². The maximum absolute atomic E-state index is 12.7. The lowest BCUT2D eigenvalue weighted by Crippen LogP contribution is -2.30. The van der Waals surface area contributed by atoms with Gasteiger partial charge in [-0.3, -0.25) is 14.4 Å². The number of rotatable bonds is 41. The summed E-state index contributed by atoms with van der Waals surface area (Å²) in [5, 5.41) is 0. The van der Waals surface area contributed by atoms with Crippen LogP contribution in [0.25, 0.3) is 0 Å². The maximum Gasteiger partial charge on any atom is 0.306 e. The Kier molecular flexibility index (Phi) is 40.9. The smallest absolute Gasteiger partial charge is 0.306 e. The summed E-state index contributed by atoms with van der Waals surface area (Å²) in [5.41, 5.74) is 0. The second-order valence-corrected chi connectivity index (χ2v) is 15.3. The van der Waals surface area contributed by atoms with Crippen LogP contribution in [0.5, 0.6) is 0 Å². The molecule has 1 unspecified atom stereocenters. The van der Waals surface area contributed by atoms with Crippen molar-refractivity contribution < 1.29 is 28.6 Å². The first-order valence-electron chi connectivity index (χ1n) is 22.8. The molecule has 0 amide bonds. The Morgan fingerprint density at radius 3 is 1.00 bits per heavy atom. The van der Waals surface area contributed by atoms with Crippen molar-refractivity contribution >= 4 is 17.9 Å². The summed E-state index contributed by atoms with van der Waals surface area (Å²) in [5.74, 6) is -0.902. The van der Waals surface area contributed by atoms with E-state index < -0.39 is 6.10 Å². The molecule has 0 rings (SSSR count). The molecule has 0 aromatic heterocycles. The third-order valence-electron chi connectivity index (χ3n) is 9.93. The molecule has 0 aromatic carbocycles. The molecule has 53 heavy (non-hydrogen) atoms. The highest BCUT2D eigenvalue weighted by Gasteiger charge is 2.19. The van der Waals surface area contributed by atoms with Crippen molar-refractivity contribution in [2.24, 2.45) is 0 Å². The Bertz CT molecular complexity index is 865. The van der Waals surface area contributed by atoms with Gasteiger partial charge in [0.05, 0.1) is 0 Å². The standard InChI is InChI=1S/C47H86O6/c1-4-7-10-13-16-19-21-23-24-26-28-31-34-37-40-46(49)52-43-44(42-51-45(48)39-36-33-30-27-18-15-12-9-6-3)53-47(50)41-38-35-32-29-25-22-20-17-14-11-8-5-2/h17,20,24,26,44H,4-16,18-19,21-23,25,27-43H2,1-3H3/b20-17-,26-24-. The molecule has 0 saturated carbocycles. The summed E-state index contributed by atoms with van der Waals surface area (Å²) in [4.78, 5) is 37.6. The van der Waals surface area contributed by atoms with E-state index in [9.17, 15) is 14.4 Å². The second-order valence-electron chi connectivity index (χ2n) is 15.3. The molecule has 310 valence electrons. The average Bonchev–Trinajstić information content (AvgIpc) is 3.15. The highest BCUT2D eigenvalue weighted by molar-refractivity contribution is 5.71. The lowest BCUT2D eigenvalue weighted by atomic mass is 10.1. The minimum absolute atomic E-state index is 0.0769. The van der Waals surface area contributed by atoms with Crippen LogP contribution in [0.4, 0.5) is 0 Å². The second kappa shape index (κ2) is 42.6. The van der Waals surface area contributed by atoms with E-state index in [1.54, 1.807) is 0 Å². The molecular weight excluding hydrogens is 661 g/mol. The van der Waals surface area contributed by atoms with E-state index in [-0.39, 0.29) is 31.1 Å². The van der Waals surface area contributed by atoms with Crippen molar-refractivity contribution in [1.29, 1.82) is 0 Å². The fraction of sp³-hybridized carbons (Fsp3) is 0.851. The van der Waals surface area contributed by atoms with Gasteiger partial charge in [0.15, 0.2) is 6.10 Å². The molecule has 0 N–H and O–H groups in total. The zero-order valence-corrected chi connectivity index (χ0v) is 35.3. The Morgan fingerprint density at radius 1 is 0.358 bits per heavy atom. The van der Waals surface area contributed by atoms with Crippen LogP contribution in [-0.2, 0) is 28.6 Å². The van der Waals surface area contributed by atoms with Gasteiger partial charge in [-0.15, -0.1) is 0 Å². The molecule has 6 heteroatoms. The fourth-order valence-electron chi connectivity index (χ4n) is 6.43. The van der Waals surface area contributed by atoms with Crippen molar-refractivity contribution in [1.82, 2.24) is 0 Å². The first kappa shape index (κ1) is 50.9. The molecule has 0 bridgehead atoms. The summed E-state index contributed by atoms with van der Waals surface area (Å²) < 4.78 is 16.7. The van der Waals surface area contributed by atoms with E-state index in [0.29, 0.717) is 19.3 Å². The third-order valence-corrected chi connectivity index (χ3v) is 9.93. The predicted molar refractivity (Wildman–Crippen MR) is 224 cm³/mol. The number of hydrogen-bond acceptors (Lipinski definition) is 6. The molecular formula is C47H86O6. The molecule has 1 atom stereocenters. The van der Waals surface area contributed by atoms with Crippen molar-refractivity contribution in [3.63, 3.8) is 0 Å². The first-order chi connectivity index (χ1) is 26.0. The van der Waals surface area contributed by atoms with E-state index in [4.69, 9.17) is 14.2 Å². The number of carbonyl (C=O) groups excluding carboxylic acids is 3. The van der Waals surface area contributed by atoms with Crippen LogP contribution in [-0.4, -0.2) is 37.2 Å². The Labute approximate surface area is 328 Å². The van der Waals surface area contributed by atoms with Gasteiger partial charge in [-0.25, -0.2) is 0 Å². The van der Waals surface area contributed by atoms with Crippen LogP contribution < -0.4 is 0 Å². The number of unbranched alkanes of at least 4 members (excludes halogenated alkanes) is 26. The van der Waals surface area contributed by atoms with Gasteiger partial charge in [0.1, 0.15) is 13.2 Å². The SMILES string of the molecule is CCCCC/C=C\CCCCCCCC(=O)OC(COC(=O)CCCCC/C=C\CCCCCCCCC)COC(=O)CCCCCCCCCCC. The van der Waals surface area contributed by atoms with Gasteiger partial charge in [0, 0.05) is 19.3 Å². The molecule has 0 aliphatic heterocycles. The number of allylic oxidation sites excluding steroid dienone is 4. The van der Waals surface area contributed by atoms with Crippen LogP contribution in [0.15, 0.2) is 24.3 Å². The van der Waals surface area contributed by atoms with Crippen molar-refractivity contribution in [3.8, 4) is 0 Å². The lowest BCUT2D eigenvalue weighted by molar-refractivity contribution is -0.167. The zero-order valence-electron chi connectivity index (χ0n) is 35.3. The number of carbonyl (C=O) groups is 3. The molecule has 0 aliphatic carbocycles. The largest absolute Gasteiger partial charge is 0.462 e. The lowest BCUT2D eigenvalue weighted by Gasteiger charge is -2.18. The van der Waals surface area contributed by atoms with Crippen LogP contribution in [0, 0.1) is 0 Å². The van der Waals surface area contributed by atoms with E-state index in [1.807, 2.05) is 0 Å². The molecule has 0 heterocycles. The molecule has 6 nitrogen and oxygen atoms in total. The van der Waals surface area contributed by atoms with Crippen LogP contribution in [0.1, 0.15) is 239 Å². The maximum atomic E-state index is 12.7. The molecule has 0 radical (unpaired) electrons. The third kappa shape index (κ3) is 40.9. The normalized spacial score (nSPS) is 12.1. The van der Waals surface area contributed by atoms with Crippen LogP contribution in [0.2, 0.25) is 0 Å². The van der Waals surface area contributed by atoms with E-state index in [1.165, 1.54) is 116 Å². The molecule has 0 aromatic rings. The molecule has 0 spiro atoms. The van der Waals surface area contributed by atoms with E-state index in [0.717, 1.165) is 83.5 Å². The Morgan fingerprint density at radius 2 is 0.623 bits per heavy atom. The van der Waals surface area contributed by atoms with Gasteiger partial charge in [0.2, 0.25) is 0 Å². The van der Waals surface area contributed by atoms with Gasteiger partial charge < -0.3 is 14.2 Å². The van der Waals surface area contributed by atoms with Gasteiger partial charge >= 0.3 is 17.9 Å². The zero-order chi connectivity index (χ0) is 38.7. The van der Waals surface area contributed by atoms with Gasteiger partial charge in [-0.2, -0.15) is 0 Å². The predicted octanol–water partition coefficient (Wildman–Crippen LogP) is 14.4. The number of hydrogen-bond donors (Lipinski definition) is 0. The summed E-state index contributed by atoms with van der Waals surface area (Å²) in [6, 6.07) is 0. The van der Waals surface area contributed by atoms with Gasteiger partial charge in [0.25, 0.3) is 0 Å². The quantitative estimate of drug-likeness (QED) is 0.0268. The summed E-state index contributed by atoms with van der Waals surface area (Å²) in [6.07, 6.45) is 45.9. The average molecular weight is 747 g/mol. The van der Waals surface area contributed by atoms with Gasteiger partial charge in [-0.1, -0.05) is 173 Å². The van der Waals surface area contributed by atoms with Crippen molar-refractivity contribution in [2.75, 3.05) is 13.2 Å². The minimum atomic E-state index is -0.774. The summed E-state index contributed by atoms with van der Waals surface area (Å²) >= 11 is 0. The van der Waals surface area contributed by atoms with Crippen LogP contribution >= 0.6 is 0 Å². The Hall–Kier alpha value is -2.11. The van der Waals surface area contributed by atoms with Crippen LogP contribution in [0.3, 0.4) is 0 Å². The van der Waals surface area contributed by atoms with E-state index in [2.05, 4.69) is 45.1 Å². The molecule has 0 aliphatic rings. The highest BCUT2D eigenvalue weighted by Crippen LogP contribution is 2.14. The fourth-order valence-corrected chi connectivity index (χ4v) is 6.43. The number of esters is 3. The highest BCUT2D eigenvalue weighted by atomic mass is 16.6. The minimum Gasteiger partial charge on any atom is -0.462 e. The topological polar surface area (TPSA) is 78.9 Å². The number of ether oxygens (including phenoxy) is 3. The first-order valence-corrected chi connectivity index (χ1v) is 22.8. The molecule has 0 fully saturated rings. The molecule has 0 saturated heterocycles.